The highest BCUT2D eigenvalue weighted by atomic mass is 28.4. The average Bonchev–Trinajstić information content (AvgIpc) is 2.36. The summed E-state index contributed by atoms with van der Waals surface area (Å²) in [6, 6.07) is 8.16. The molecule has 0 aliphatic heterocycles. The molecule has 1 atom stereocenters. The van der Waals surface area contributed by atoms with E-state index in [9.17, 15) is 4.79 Å². The quantitative estimate of drug-likeness (QED) is 0.578. The summed E-state index contributed by atoms with van der Waals surface area (Å²) in [5.41, 5.74) is 1.17. The first-order valence-electron chi connectivity index (χ1n) is 7.71. The third kappa shape index (κ3) is 5.33. The van der Waals surface area contributed by atoms with Crippen LogP contribution in [0.2, 0.25) is 18.1 Å². The molecular weight excluding hydrogens is 292 g/mol. The summed E-state index contributed by atoms with van der Waals surface area (Å²) in [5, 5.41) is 8.81. The largest absolute Gasteiger partial charge is 0.543 e. The van der Waals surface area contributed by atoms with Crippen LogP contribution in [0.25, 0.3) is 0 Å². The van der Waals surface area contributed by atoms with Gasteiger partial charge in [-0.05, 0) is 48.2 Å². The fourth-order valence-corrected chi connectivity index (χ4v) is 2.86. The van der Waals surface area contributed by atoms with Crippen molar-refractivity contribution < 1.29 is 14.3 Å². The summed E-state index contributed by atoms with van der Waals surface area (Å²) in [4.78, 5) is 10.5. The Morgan fingerprint density at radius 2 is 2.00 bits per heavy atom. The van der Waals surface area contributed by atoms with Crippen LogP contribution in [-0.4, -0.2) is 19.4 Å². The van der Waals surface area contributed by atoms with E-state index in [2.05, 4.69) is 52.9 Å². The smallest absolute Gasteiger partial charge is 0.327 e. The Balaban J connectivity index is 2.84. The lowest BCUT2D eigenvalue weighted by atomic mass is 9.97. The van der Waals surface area contributed by atoms with E-state index in [-0.39, 0.29) is 11.0 Å². The minimum absolute atomic E-state index is 0.166. The number of carbonyl (C=O) groups is 1. The Labute approximate surface area is 135 Å². The molecule has 1 rings (SSSR count). The Morgan fingerprint density at radius 1 is 1.36 bits per heavy atom. The average molecular weight is 321 g/mol. The molecule has 0 aliphatic rings. The first-order chi connectivity index (χ1) is 10.0. The number of carboxylic acids is 1. The molecule has 0 aromatic heterocycles. The first-order valence-corrected chi connectivity index (χ1v) is 10.6. The van der Waals surface area contributed by atoms with Gasteiger partial charge in [-0.2, -0.15) is 0 Å². The number of rotatable bonds is 6. The SMILES string of the molecule is CC(C/C=C/C(=O)O)c1cccc(O[Si](C)(C)C(C)(C)C)c1. The van der Waals surface area contributed by atoms with Gasteiger partial charge in [-0.3, -0.25) is 0 Å². The molecule has 0 spiro atoms. The van der Waals surface area contributed by atoms with E-state index in [0.717, 1.165) is 5.75 Å². The fraction of sp³-hybridized carbons (Fsp3) is 0.500. The van der Waals surface area contributed by atoms with Gasteiger partial charge in [0, 0.05) is 6.08 Å². The molecule has 1 aromatic rings. The number of hydrogen-bond acceptors (Lipinski definition) is 2. The van der Waals surface area contributed by atoms with Crippen LogP contribution in [0, 0.1) is 0 Å². The molecule has 0 saturated carbocycles. The highest BCUT2D eigenvalue weighted by Crippen LogP contribution is 2.37. The number of aliphatic carboxylic acids is 1. The minimum atomic E-state index is -1.84. The van der Waals surface area contributed by atoms with Gasteiger partial charge in [0.05, 0.1) is 0 Å². The fourth-order valence-electron chi connectivity index (χ4n) is 1.84. The van der Waals surface area contributed by atoms with Crippen molar-refractivity contribution in [3.8, 4) is 5.75 Å². The highest BCUT2D eigenvalue weighted by Gasteiger charge is 2.38. The van der Waals surface area contributed by atoms with Crippen molar-refractivity contribution in [2.24, 2.45) is 0 Å². The van der Waals surface area contributed by atoms with Gasteiger partial charge in [0.1, 0.15) is 5.75 Å². The van der Waals surface area contributed by atoms with Crippen molar-refractivity contribution >= 4 is 14.3 Å². The lowest BCUT2D eigenvalue weighted by Crippen LogP contribution is -2.43. The molecule has 0 amide bonds. The lowest BCUT2D eigenvalue weighted by Gasteiger charge is -2.36. The maximum Gasteiger partial charge on any atom is 0.327 e. The zero-order chi connectivity index (χ0) is 17.0. The second kappa shape index (κ2) is 7.14. The zero-order valence-electron chi connectivity index (χ0n) is 14.5. The molecule has 0 aliphatic carbocycles. The Morgan fingerprint density at radius 3 is 2.55 bits per heavy atom. The number of carboxylic acid groups (broad SMARTS) is 1. The van der Waals surface area contributed by atoms with Crippen molar-refractivity contribution in [2.75, 3.05) is 0 Å². The Hall–Kier alpha value is -1.55. The molecule has 0 fully saturated rings. The van der Waals surface area contributed by atoms with E-state index >= 15 is 0 Å². The predicted molar refractivity (Wildman–Crippen MR) is 94.1 cm³/mol. The molecule has 1 aromatic carbocycles. The summed E-state index contributed by atoms with van der Waals surface area (Å²) < 4.78 is 6.33. The van der Waals surface area contributed by atoms with Crippen LogP contribution in [0.1, 0.15) is 45.6 Å². The maximum atomic E-state index is 10.5. The summed E-state index contributed by atoms with van der Waals surface area (Å²) in [6.45, 7) is 13.2. The molecule has 1 unspecified atom stereocenters. The van der Waals surface area contributed by atoms with Crippen LogP contribution in [0.3, 0.4) is 0 Å². The van der Waals surface area contributed by atoms with Crippen molar-refractivity contribution in [2.45, 2.75) is 58.2 Å². The van der Waals surface area contributed by atoms with Crippen LogP contribution in [0.4, 0.5) is 0 Å². The summed E-state index contributed by atoms with van der Waals surface area (Å²) in [5.74, 6) is 0.277. The van der Waals surface area contributed by atoms with Crippen LogP contribution < -0.4 is 4.43 Å². The van der Waals surface area contributed by atoms with Crippen LogP contribution in [0.15, 0.2) is 36.4 Å². The number of benzene rings is 1. The normalized spacial score (nSPS) is 14.1. The molecule has 1 N–H and O–H groups in total. The van der Waals surface area contributed by atoms with Gasteiger partial charge in [0.25, 0.3) is 0 Å². The van der Waals surface area contributed by atoms with Crippen molar-refractivity contribution in [1.29, 1.82) is 0 Å². The molecule has 0 saturated heterocycles. The standard InChI is InChI=1S/C18H28O3Si/c1-14(9-7-12-17(19)20)15-10-8-11-16(13-15)21-22(5,6)18(2,3)4/h7-8,10-14H,9H2,1-6H3,(H,19,20)/b12-7+. The topological polar surface area (TPSA) is 46.5 Å². The van der Waals surface area contributed by atoms with Gasteiger partial charge >= 0.3 is 5.97 Å². The Bertz CT molecular complexity index is 542. The minimum Gasteiger partial charge on any atom is -0.543 e. The van der Waals surface area contributed by atoms with Gasteiger partial charge in [-0.25, -0.2) is 4.79 Å². The van der Waals surface area contributed by atoms with E-state index in [4.69, 9.17) is 9.53 Å². The van der Waals surface area contributed by atoms with E-state index < -0.39 is 14.3 Å². The van der Waals surface area contributed by atoms with Crippen molar-refractivity contribution in [3.05, 3.63) is 42.0 Å². The molecule has 3 nitrogen and oxygen atoms in total. The first kappa shape index (κ1) is 18.5. The number of allylic oxidation sites excluding steroid dienone is 1. The van der Waals surface area contributed by atoms with Crippen molar-refractivity contribution in [1.82, 2.24) is 0 Å². The second-order valence-electron chi connectivity index (χ2n) is 7.31. The maximum absolute atomic E-state index is 10.5. The molecule has 122 valence electrons. The second-order valence-corrected chi connectivity index (χ2v) is 12.0. The van der Waals surface area contributed by atoms with Gasteiger partial charge in [-0.15, -0.1) is 0 Å². The van der Waals surface area contributed by atoms with Crippen LogP contribution >= 0.6 is 0 Å². The van der Waals surface area contributed by atoms with Crippen LogP contribution in [-0.2, 0) is 4.79 Å². The Kier molecular flexibility index (Phi) is 6.00. The molecule has 22 heavy (non-hydrogen) atoms. The zero-order valence-corrected chi connectivity index (χ0v) is 15.5. The molecule has 4 heteroatoms. The third-order valence-electron chi connectivity index (χ3n) is 4.36. The van der Waals surface area contributed by atoms with Gasteiger partial charge in [-0.1, -0.05) is 45.9 Å². The van der Waals surface area contributed by atoms with E-state index in [0.29, 0.717) is 6.42 Å². The van der Waals surface area contributed by atoms with Gasteiger partial charge in [0.15, 0.2) is 0 Å². The summed E-state index contributed by atoms with van der Waals surface area (Å²) in [7, 11) is -1.84. The highest BCUT2D eigenvalue weighted by molar-refractivity contribution is 6.74. The monoisotopic (exact) mass is 320 g/mol. The number of hydrogen-bond donors (Lipinski definition) is 1. The molecule has 0 radical (unpaired) electrons. The summed E-state index contributed by atoms with van der Waals surface area (Å²) in [6.07, 6.45) is 3.61. The molecule has 0 bridgehead atoms. The lowest BCUT2D eigenvalue weighted by molar-refractivity contribution is -0.131. The predicted octanol–water partition coefficient (Wildman–Crippen LogP) is 5.21. The third-order valence-corrected chi connectivity index (χ3v) is 8.71. The summed E-state index contributed by atoms with van der Waals surface area (Å²) >= 11 is 0. The molecular formula is C18H28O3Si. The molecule has 0 heterocycles. The van der Waals surface area contributed by atoms with Crippen LogP contribution in [0.5, 0.6) is 5.75 Å². The van der Waals surface area contributed by atoms with E-state index in [1.165, 1.54) is 11.6 Å². The van der Waals surface area contributed by atoms with Crippen molar-refractivity contribution in [3.63, 3.8) is 0 Å². The van der Waals surface area contributed by atoms with Gasteiger partial charge in [0.2, 0.25) is 8.32 Å². The van der Waals surface area contributed by atoms with Gasteiger partial charge < -0.3 is 9.53 Å². The van der Waals surface area contributed by atoms with E-state index in [1.54, 1.807) is 6.08 Å². The van der Waals surface area contributed by atoms with E-state index in [1.807, 2.05) is 12.1 Å².